The first-order valence-corrected chi connectivity index (χ1v) is 7.62. The fraction of sp³-hybridized carbons (Fsp3) is 0.158. The van der Waals surface area contributed by atoms with E-state index in [1.807, 2.05) is 48.5 Å². The maximum Gasteiger partial charge on any atom is 0.270 e. The van der Waals surface area contributed by atoms with Crippen molar-refractivity contribution < 1.29 is 14.6 Å². The van der Waals surface area contributed by atoms with Crippen LogP contribution in [0.15, 0.2) is 54.6 Å². The summed E-state index contributed by atoms with van der Waals surface area (Å²) in [5.41, 5.74) is 2.78. The van der Waals surface area contributed by atoms with Crippen molar-refractivity contribution in [1.82, 2.24) is 10.3 Å². The molecule has 122 valence electrons. The first-order valence-electron chi connectivity index (χ1n) is 7.62. The molecule has 0 bridgehead atoms. The SMILES string of the molecule is COc1ccc2nc(C(=O)NCc3ccccc3CO)ccc2c1. The largest absolute Gasteiger partial charge is 0.497 e. The minimum Gasteiger partial charge on any atom is -0.497 e. The van der Waals surface area contributed by atoms with Crippen molar-refractivity contribution in [2.75, 3.05) is 7.11 Å². The number of nitrogens with one attached hydrogen (secondary N) is 1. The zero-order valence-corrected chi connectivity index (χ0v) is 13.3. The molecular formula is C19H18N2O3. The molecule has 1 heterocycles. The molecule has 0 radical (unpaired) electrons. The van der Waals surface area contributed by atoms with Crippen LogP contribution in [0.1, 0.15) is 21.6 Å². The van der Waals surface area contributed by atoms with Gasteiger partial charge in [0.2, 0.25) is 0 Å². The fourth-order valence-electron chi connectivity index (χ4n) is 2.51. The smallest absolute Gasteiger partial charge is 0.270 e. The summed E-state index contributed by atoms with van der Waals surface area (Å²) < 4.78 is 5.18. The molecule has 24 heavy (non-hydrogen) atoms. The minimum absolute atomic E-state index is 0.0535. The third-order valence-corrected chi connectivity index (χ3v) is 3.86. The second-order valence-electron chi connectivity index (χ2n) is 5.36. The van der Waals surface area contributed by atoms with Gasteiger partial charge in [0.25, 0.3) is 5.91 Å². The molecule has 1 aromatic heterocycles. The number of benzene rings is 2. The highest BCUT2D eigenvalue weighted by Crippen LogP contribution is 2.19. The third kappa shape index (κ3) is 3.36. The number of pyridine rings is 1. The van der Waals surface area contributed by atoms with Gasteiger partial charge in [-0.3, -0.25) is 4.79 Å². The number of aromatic nitrogens is 1. The van der Waals surface area contributed by atoms with Crippen molar-refractivity contribution >= 4 is 16.8 Å². The molecule has 3 aromatic rings. The quantitative estimate of drug-likeness (QED) is 0.757. The lowest BCUT2D eigenvalue weighted by Gasteiger charge is -2.09. The Balaban J connectivity index is 1.76. The Morgan fingerprint density at radius 3 is 2.67 bits per heavy atom. The van der Waals surface area contributed by atoms with Crippen LogP contribution >= 0.6 is 0 Å². The van der Waals surface area contributed by atoms with Gasteiger partial charge in [-0.05, 0) is 35.4 Å². The zero-order chi connectivity index (χ0) is 16.9. The third-order valence-electron chi connectivity index (χ3n) is 3.86. The lowest BCUT2D eigenvalue weighted by atomic mass is 10.1. The normalized spacial score (nSPS) is 10.6. The summed E-state index contributed by atoms with van der Waals surface area (Å²) in [6, 6.07) is 16.5. The van der Waals surface area contributed by atoms with E-state index < -0.39 is 0 Å². The van der Waals surface area contributed by atoms with Crippen LogP contribution in [-0.4, -0.2) is 23.1 Å². The number of nitrogens with zero attached hydrogens (tertiary/aromatic N) is 1. The van der Waals surface area contributed by atoms with E-state index in [1.54, 1.807) is 13.2 Å². The Morgan fingerprint density at radius 1 is 1.12 bits per heavy atom. The van der Waals surface area contributed by atoms with Gasteiger partial charge in [-0.25, -0.2) is 4.98 Å². The molecule has 5 nitrogen and oxygen atoms in total. The Hall–Kier alpha value is -2.92. The van der Waals surface area contributed by atoms with Crippen LogP contribution in [0, 0.1) is 0 Å². The van der Waals surface area contributed by atoms with Crippen molar-refractivity contribution in [3.63, 3.8) is 0 Å². The van der Waals surface area contributed by atoms with Crippen molar-refractivity contribution in [2.24, 2.45) is 0 Å². The van der Waals surface area contributed by atoms with Crippen LogP contribution in [0.5, 0.6) is 5.75 Å². The standard InChI is InChI=1S/C19H18N2O3/c1-24-16-7-9-17-13(10-16)6-8-18(21-17)19(23)20-11-14-4-2-3-5-15(14)12-22/h2-10,22H,11-12H2,1H3,(H,20,23). The maximum atomic E-state index is 12.3. The van der Waals surface area contributed by atoms with E-state index in [1.165, 1.54) is 0 Å². The summed E-state index contributed by atoms with van der Waals surface area (Å²) >= 11 is 0. The van der Waals surface area contributed by atoms with Gasteiger partial charge in [0.05, 0.1) is 19.2 Å². The zero-order valence-electron chi connectivity index (χ0n) is 13.3. The number of rotatable bonds is 5. The molecule has 0 atom stereocenters. The Bertz CT molecular complexity index is 877. The number of hydrogen-bond donors (Lipinski definition) is 2. The number of methoxy groups -OCH3 is 1. The van der Waals surface area contributed by atoms with Crippen molar-refractivity contribution in [3.8, 4) is 5.75 Å². The average Bonchev–Trinajstić information content (AvgIpc) is 2.65. The predicted octanol–water partition coefficient (Wildman–Crippen LogP) is 2.67. The number of fused-ring (bicyclic) bond motifs is 1. The molecule has 5 heteroatoms. The molecule has 0 spiro atoms. The number of aliphatic hydroxyl groups is 1. The molecule has 0 saturated heterocycles. The number of ether oxygens (including phenoxy) is 1. The molecule has 0 aliphatic carbocycles. The van der Waals surface area contributed by atoms with Gasteiger partial charge in [0.1, 0.15) is 11.4 Å². The highest BCUT2D eigenvalue weighted by Gasteiger charge is 2.09. The number of hydrogen-bond acceptors (Lipinski definition) is 4. The van der Waals surface area contributed by atoms with E-state index in [2.05, 4.69) is 10.3 Å². The van der Waals surface area contributed by atoms with Crippen LogP contribution in [0.25, 0.3) is 10.9 Å². The molecule has 3 rings (SSSR count). The molecule has 0 saturated carbocycles. The lowest BCUT2D eigenvalue weighted by Crippen LogP contribution is -2.24. The summed E-state index contributed by atoms with van der Waals surface area (Å²) in [6.45, 7) is 0.292. The van der Waals surface area contributed by atoms with Crippen molar-refractivity contribution in [3.05, 3.63) is 71.4 Å². The van der Waals surface area contributed by atoms with Gasteiger partial charge in [-0.15, -0.1) is 0 Å². The predicted molar refractivity (Wildman–Crippen MR) is 91.8 cm³/mol. The monoisotopic (exact) mass is 322 g/mol. The first-order chi connectivity index (χ1) is 11.7. The van der Waals surface area contributed by atoms with Crippen LogP contribution in [0.2, 0.25) is 0 Å². The van der Waals surface area contributed by atoms with E-state index >= 15 is 0 Å². The Kier molecular flexibility index (Phi) is 4.72. The highest BCUT2D eigenvalue weighted by molar-refractivity contribution is 5.95. The van der Waals surface area contributed by atoms with Gasteiger partial charge < -0.3 is 15.2 Å². The van der Waals surface area contributed by atoms with Gasteiger partial charge in [-0.2, -0.15) is 0 Å². The second-order valence-corrected chi connectivity index (χ2v) is 5.36. The molecule has 0 aliphatic rings. The second kappa shape index (κ2) is 7.10. The number of carbonyl (C=O) groups excluding carboxylic acids is 1. The van der Waals surface area contributed by atoms with Gasteiger partial charge in [0, 0.05) is 11.9 Å². The van der Waals surface area contributed by atoms with Crippen LogP contribution in [0.3, 0.4) is 0 Å². The van der Waals surface area contributed by atoms with Gasteiger partial charge in [0.15, 0.2) is 0 Å². The van der Waals surface area contributed by atoms with E-state index in [-0.39, 0.29) is 12.5 Å². The Labute approximate surface area is 139 Å². The molecule has 0 aliphatic heterocycles. The fourth-order valence-corrected chi connectivity index (χ4v) is 2.51. The van der Waals surface area contributed by atoms with Gasteiger partial charge in [-0.1, -0.05) is 30.3 Å². The molecular weight excluding hydrogens is 304 g/mol. The molecule has 1 amide bonds. The average molecular weight is 322 g/mol. The number of carbonyl (C=O) groups is 1. The maximum absolute atomic E-state index is 12.3. The van der Waals surface area contributed by atoms with Crippen LogP contribution in [-0.2, 0) is 13.2 Å². The summed E-state index contributed by atoms with van der Waals surface area (Å²) in [5, 5.41) is 13.1. The molecule has 0 fully saturated rings. The molecule has 2 N–H and O–H groups in total. The minimum atomic E-state index is -0.250. The van der Waals surface area contributed by atoms with E-state index in [9.17, 15) is 9.90 Å². The van der Waals surface area contributed by atoms with E-state index in [4.69, 9.17) is 4.74 Å². The topological polar surface area (TPSA) is 71.5 Å². The van der Waals surface area contributed by atoms with E-state index in [0.29, 0.717) is 12.2 Å². The summed E-state index contributed by atoms with van der Waals surface area (Å²) in [6.07, 6.45) is 0. The molecule has 2 aromatic carbocycles. The summed E-state index contributed by atoms with van der Waals surface area (Å²) in [7, 11) is 1.61. The number of aliphatic hydroxyl groups excluding tert-OH is 1. The summed E-state index contributed by atoms with van der Waals surface area (Å²) in [5.74, 6) is 0.502. The van der Waals surface area contributed by atoms with Crippen LogP contribution in [0.4, 0.5) is 0 Å². The first kappa shape index (κ1) is 16.0. The number of amides is 1. The van der Waals surface area contributed by atoms with Crippen LogP contribution < -0.4 is 10.1 Å². The van der Waals surface area contributed by atoms with Gasteiger partial charge >= 0.3 is 0 Å². The Morgan fingerprint density at radius 2 is 1.92 bits per heavy atom. The van der Waals surface area contributed by atoms with Crippen molar-refractivity contribution in [2.45, 2.75) is 13.2 Å². The highest BCUT2D eigenvalue weighted by atomic mass is 16.5. The van der Waals surface area contributed by atoms with Crippen molar-refractivity contribution in [1.29, 1.82) is 0 Å². The summed E-state index contributed by atoms with van der Waals surface area (Å²) in [4.78, 5) is 16.7. The molecule has 0 unspecified atom stereocenters. The lowest BCUT2D eigenvalue weighted by molar-refractivity contribution is 0.0946. The van der Waals surface area contributed by atoms with E-state index in [0.717, 1.165) is 27.8 Å².